The molecule has 0 radical (unpaired) electrons. The van der Waals surface area contributed by atoms with Crippen molar-refractivity contribution in [3.63, 3.8) is 0 Å². The molecule has 2 aromatic carbocycles. The number of para-hydroxylation sites is 1. The molecule has 0 unspecified atom stereocenters. The molecule has 0 heterocycles. The Bertz CT molecular complexity index is 580. The number of carbonyl (C=O) groups excluding carboxylic acids is 1. The zero-order valence-electron chi connectivity index (χ0n) is 10.8. The number of halogens is 1. The summed E-state index contributed by atoms with van der Waals surface area (Å²) in [5.74, 6) is 0.0130. The minimum atomic E-state index is 0.0130. The summed E-state index contributed by atoms with van der Waals surface area (Å²) in [6, 6.07) is 15.7. The third kappa shape index (κ3) is 3.93. The maximum absolute atomic E-state index is 12.0. The van der Waals surface area contributed by atoms with Crippen molar-refractivity contribution < 1.29 is 4.79 Å². The fraction of sp³-hybridized carbons (Fsp3) is 0.188. The van der Waals surface area contributed by atoms with Crippen LogP contribution in [0.25, 0.3) is 0 Å². The number of amides is 1. The number of nitrogens with one attached hydrogen (secondary N) is 1. The zero-order valence-corrected chi connectivity index (χ0v) is 12.4. The second kappa shape index (κ2) is 6.53. The molecule has 0 spiro atoms. The first-order valence-corrected chi connectivity index (χ1v) is 7.10. The van der Waals surface area contributed by atoms with Crippen LogP contribution in [-0.4, -0.2) is 5.91 Å². The van der Waals surface area contributed by atoms with E-state index in [-0.39, 0.29) is 5.91 Å². The number of anilines is 1. The monoisotopic (exact) mass is 317 g/mol. The quantitative estimate of drug-likeness (QED) is 0.900. The van der Waals surface area contributed by atoms with Gasteiger partial charge in [-0.05, 0) is 35.7 Å². The molecule has 1 amide bonds. The second-order valence-corrected chi connectivity index (χ2v) is 5.28. The summed E-state index contributed by atoms with van der Waals surface area (Å²) in [4.78, 5) is 12.0. The van der Waals surface area contributed by atoms with Crippen molar-refractivity contribution in [1.82, 2.24) is 0 Å². The van der Waals surface area contributed by atoms with E-state index in [2.05, 4.69) is 28.2 Å². The van der Waals surface area contributed by atoms with Gasteiger partial charge in [0.1, 0.15) is 0 Å². The van der Waals surface area contributed by atoms with Gasteiger partial charge in [0, 0.05) is 10.2 Å². The van der Waals surface area contributed by atoms with E-state index in [1.165, 1.54) is 0 Å². The average molecular weight is 318 g/mol. The summed E-state index contributed by atoms with van der Waals surface area (Å²) in [6.45, 7) is 2.08. The Morgan fingerprint density at radius 1 is 1.16 bits per heavy atom. The van der Waals surface area contributed by atoms with Gasteiger partial charge in [0.05, 0.1) is 6.42 Å². The maximum Gasteiger partial charge on any atom is 0.228 e. The summed E-state index contributed by atoms with van der Waals surface area (Å²) in [6.07, 6.45) is 1.30. The molecule has 0 fully saturated rings. The highest BCUT2D eigenvalue weighted by Crippen LogP contribution is 2.17. The summed E-state index contributed by atoms with van der Waals surface area (Å²) >= 11 is 3.41. The second-order valence-electron chi connectivity index (χ2n) is 4.37. The number of carbonyl (C=O) groups is 1. The number of hydrogen-bond acceptors (Lipinski definition) is 1. The van der Waals surface area contributed by atoms with Crippen LogP contribution in [0.5, 0.6) is 0 Å². The molecular formula is C16H16BrNO. The molecule has 0 aromatic heterocycles. The Hall–Kier alpha value is -1.61. The van der Waals surface area contributed by atoms with Crippen molar-refractivity contribution in [3.05, 3.63) is 64.1 Å². The molecule has 0 saturated carbocycles. The van der Waals surface area contributed by atoms with Crippen LogP contribution in [-0.2, 0) is 17.6 Å². The third-order valence-corrected chi connectivity index (χ3v) is 3.42. The van der Waals surface area contributed by atoms with Crippen LogP contribution in [0.3, 0.4) is 0 Å². The van der Waals surface area contributed by atoms with Crippen molar-refractivity contribution in [2.75, 3.05) is 5.32 Å². The topological polar surface area (TPSA) is 29.1 Å². The largest absolute Gasteiger partial charge is 0.326 e. The van der Waals surface area contributed by atoms with Crippen LogP contribution < -0.4 is 5.32 Å². The van der Waals surface area contributed by atoms with Gasteiger partial charge in [-0.25, -0.2) is 0 Å². The smallest absolute Gasteiger partial charge is 0.228 e. The minimum Gasteiger partial charge on any atom is -0.326 e. The lowest BCUT2D eigenvalue weighted by atomic mass is 10.1. The molecule has 0 saturated heterocycles. The fourth-order valence-corrected chi connectivity index (χ4v) is 2.42. The van der Waals surface area contributed by atoms with Gasteiger partial charge < -0.3 is 5.32 Å². The lowest BCUT2D eigenvalue weighted by Gasteiger charge is -2.09. The van der Waals surface area contributed by atoms with Gasteiger partial charge in [-0.2, -0.15) is 0 Å². The molecule has 3 heteroatoms. The van der Waals surface area contributed by atoms with Crippen LogP contribution in [0.2, 0.25) is 0 Å². The van der Waals surface area contributed by atoms with Gasteiger partial charge in [0.25, 0.3) is 0 Å². The van der Waals surface area contributed by atoms with Gasteiger partial charge in [-0.15, -0.1) is 0 Å². The highest BCUT2D eigenvalue weighted by Gasteiger charge is 2.06. The number of aryl methyl sites for hydroxylation is 1. The zero-order chi connectivity index (χ0) is 13.7. The number of rotatable bonds is 4. The lowest BCUT2D eigenvalue weighted by Crippen LogP contribution is -2.15. The van der Waals surface area contributed by atoms with Crippen LogP contribution in [0.4, 0.5) is 5.69 Å². The normalized spacial score (nSPS) is 10.2. The van der Waals surface area contributed by atoms with Gasteiger partial charge >= 0.3 is 0 Å². The Morgan fingerprint density at radius 3 is 2.68 bits per heavy atom. The summed E-state index contributed by atoms with van der Waals surface area (Å²) in [5.41, 5.74) is 3.07. The highest BCUT2D eigenvalue weighted by atomic mass is 79.9. The van der Waals surface area contributed by atoms with Gasteiger partial charge in [0.15, 0.2) is 0 Å². The van der Waals surface area contributed by atoms with E-state index < -0.39 is 0 Å². The Labute approximate surface area is 122 Å². The predicted molar refractivity (Wildman–Crippen MR) is 82.3 cm³/mol. The van der Waals surface area contributed by atoms with Crippen molar-refractivity contribution in [2.24, 2.45) is 0 Å². The van der Waals surface area contributed by atoms with Crippen molar-refractivity contribution in [1.29, 1.82) is 0 Å². The molecular weight excluding hydrogens is 302 g/mol. The molecule has 0 aliphatic carbocycles. The number of hydrogen-bond donors (Lipinski definition) is 1. The molecule has 0 bridgehead atoms. The summed E-state index contributed by atoms with van der Waals surface area (Å²) in [5, 5.41) is 2.98. The average Bonchev–Trinajstić information content (AvgIpc) is 2.39. The van der Waals surface area contributed by atoms with E-state index in [1.54, 1.807) is 0 Å². The predicted octanol–water partition coefficient (Wildman–Crippen LogP) is 4.19. The first kappa shape index (κ1) is 13.8. The Morgan fingerprint density at radius 2 is 1.95 bits per heavy atom. The number of benzene rings is 2. The van der Waals surface area contributed by atoms with Gasteiger partial charge in [0.2, 0.25) is 5.91 Å². The van der Waals surface area contributed by atoms with Crippen LogP contribution in [0, 0.1) is 0 Å². The van der Waals surface area contributed by atoms with E-state index >= 15 is 0 Å². The van der Waals surface area contributed by atoms with Crippen LogP contribution >= 0.6 is 15.9 Å². The van der Waals surface area contributed by atoms with Gasteiger partial charge in [-0.1, -0.05) is 53.2 Å². The molecule has 0 aliphatic rings. The molecule has 1 N–H and O–H groups in total. The van der Waals surface area contributed by atoms with Crippen molar-refractivity contribution >= 4 is 27.5 Å². The first-order chi connectivity index (χ1) is 9.19. The molecule has 98 valence electrons. The molecule has 2 rings (SSSR count). The summed E-state index contributed by atoms with van der Waals surface area (Å²) < 4.78 is 0.992. The molecule has 2 nitrogen and oxygen atoms in total. The SMILES string of the molecule is CCc1ccccc1NC(=O)Cc1cccc(Br)c1. The van der Waals surface area contributed by atoms with Crippen molar-refractivity contribution in [3.8, 4) is 0 Å². The highest BCUT2D eigenvalue weighted by molar-refractivity contribution is 9.10. The van der Waals surface area contributed by atoms with Gasteiger partial charge in [-0.3, -0.25) is 4.79 Å². The molecule has 19 heavy (non-hydrogen) atoms. The van der Waals surface area contributed by atoms with E-state index in [1.807, 2.05) is 48.5 Å². The van der Waals surface area contributed by atoms with E-state index in [9.17, 15) is 4.79 Å². The first-order valence-electron chi connectivity index (χ1n) is 6.31. The molecule has 0 atom stereocenters. The van der Waals surface area contributed by atoms with Crippen molar-refractivity contribution in [2.45, 2.75) is 19.8 Å². The van der Waals surface area contributed by atoms with Crippen LogP contribution in [0.15, 0.2) is 53.0 Å². The maximum atomic E-state index is 12.0. The third-order valence-electron chi connectivity index (χ3n) is 2.93. The van der Waals surface area contributed by atoms with E-state index in [4.69, 9.17) is 0 Å². The van der Waals surface area contributed by atoms with Crippen LogP contribution in [0.1, 0.15) is 18.1 Å². The minimum absolute atomic E-state index is 0.0130. The lowest BCUT2D eigenvalue weighted by molar-refractivity contribution is -0.115. The molecule has 0 aliphatic heterocycles. The molecule has 2 aromatic rings. The Balaban J connectivity index is 2.05. The van der Waals surface area contributed by atoms with E-state index in [0.717, 1.165) is 27.7 Å². The Kier molecular flexibility index (Phi) is 4.74. The fourth-order valence-electron chi connectivity index (χ4n) is 1.98. The van der Waals surface area contributed by atoms with E-state index in [0.29, 0.717) is 6.42 Å². The standard InChI is InChI=1S/C16H16BrNO/c1-2-13-7-3-4-9-15(13)18-16(19)11-12-6-5-8-14(17)10-12/h3-10H,2,11H2,1H3,(H,18,19). The summed E-state index contributed by atoms with van der Waals surface area (Å²) in [7, 11) is 0.